The number of H-pyrrole nitrogens is 1. The van der Waals surface area contributed by atoms with Crippen LogP contribution in [0.5, 0.6) is 0 Å². The monoisotopic (exact) mass is 276 g/mol. The van der Waals surface area contributed by atoms with E-state index in [0.717, 1.165) is 22.8 Å². The topological polar surface area (TPSA) is 88.5 Å². The fourth-order valence-electron chi connectivity index (χ4n) is 2.09. The summed E-state index contributed by atoms with van der Waals surface area (Å²) in [6.45, 7) is 5.88. The highest BCUT2D eigenvalue weighted by molar-refractivity contribution is 5.76. The molecule has 0 aliphatic heterocycles. The molecule has 108 valence electrons. The number of nitrogens with zero attached hydrogens (tertiary/aromatic N) is 4. The van der Waals surface area contributed by atoms with Gasteiger partial charge in [-0.2, -0.15) is 10.2 Å². The van der Waals surface area contributed by atoms with Crippen molar-refractivity contribution in [3.8, 4) is 0 Å². The number of hydrogen-bond donors (Lipinski definition) is 2. The Kier molecular flexibility index (Phi) is 4.16. The van der Waals surface area contributed by atoms with Gasteiger partial charge in [0.15, 0.2) is 0 Å². The molecule has 2 aromatic rings. The smallest absolute Gasteiger partial charge is 0.220 e. The maximum Gasteiger partial charge on any atom is 0.220 e. The summed E-state index contributed by atoms with van der Waals surface area (Å²) in [5.74, 6) is 0.727. The predicted molar refractivity (Wildman–Crippen MR) is 73.9 cm³/mol. The van der Waals surface area contributed by atoms with Crippen molar-refractivity contribution < 1.29 is 4.79 Å². The van der Waals surface area contributed by atoms with E-state index in [1.807, 2.05) is 20.8 Å². The van der Waals surface area contributed by atoms with Crippen LogP contribution in [-0.4, -0.2) is 30.9 Å². The van der Waals surface area contributed by atoms with Crippen LogP contribution in [-0.2, 0) is 18.3 Å². The molecule has 0 bridgehead atoms. The van der Waals surface area contributed by atoms with Gasteiger partial charge in [0.2, 0.25) is 5.91 Å². The van der Waals surface area contributed by atoms with Crippen LogP contribution in [0.25, 0.3) is 0 Å². The zero-order chi connectivity index (χ0) is 14.7. The summed E-state index contributed by atoms with van der Waals surface area (Å²) in [7, 11) is 1.81. The van der Waals surface area contributed by atoms with Gasteiger partial charge in [-0.15, -0.1) is 0 Å². The van der Waals surface area contributed by atoms with Crippen LogP contribution in [0.3, 0.4) is 0 Å². The Morgan fingerprint density at radius 3 is 2.80 bits per heavy atom. The Morgan fingerprint density at radius 2 is 2.25 bits per heavy atom. The van der Waals surface area contributed by atoms with Crippen LogP contribution < -0.4 is 5.32 Å². The Labute approximate surface area is 117 Å². The molecule has 2 N–H and O–H groups in total. The number of rotatable bonds is 5. The van der Waals surface area contributed by atoms with E-state index in [0.29, 0.717) is 12.8 Å². The van der Waals surface area contributed by atoms with Gasteiger partial charge in [0.25, 0.3) is 0 Å². The van der Waals surface area contributed by atoms with Gasteiger partial charge in [-0.1, -0.05) is 0 Å². The lowest BCUT2D eigenvalue weighted by atomic mass is 10.1. The summed E-state index contributed by atoms with van der Waals surface area (Å²) in [4.78, 5) is 16.1. The Morgan fingerprint density at radius 1 is 1.50 bits per heavy atom. The minimum atomic E-state index is -0.156. The van der Waals surface area contributed by atoms with E-state index in [1.165, 1.54) is 6.33 Å². The highest BCUT2D eigenvalue weighted by Crippen LogP contribution is 2.11. The third-order valence-electron chi connectivity index (χ3n) is 3.45. The molecule has 2 aromatic heterocycles. The van der Waals surface area contributed by atoms with Crippen LogP contribution >= 0.6 is 0 Å². The quantitative estimate of drug-likeness (QED) is 0.851. The molecule has 0 aromatic carbocycles. The normalized spacial score (nSPS) is 12.4. The molecule has 0 spiro atoms. The van der Waals surface area contributed by atoms with Crippen molar-refractivity contribution in [3.63, 3.8) is 0 Å². The van der Waals surface area contributed by atoms with Gasteiger partial charge in [-0.3, -0.25) is 14.6 Å². The molecule has 0 radical (unpaired) electrons. The van der Waals surface area contributed by atoms with Crippen molar-refractivity contribution in [1.82, 2.24) is 30.3 Å². The standard InChI is InChI=1S/C13H20N6O/c1-8-9(2)17-18-11(8)5-6-12(20)16-10(3)13-14-7-15-19(13)4/h7,10H,5-6H2,1-4H3,(H,16,20)(H,17,18)/t10-/m1/s1. The molecule has 7 nitrogen and oxygen atoms in total. The fourth-order valence-corrected chi connectivity index (χ4v) is 2.09. The molecule has 1 amide bonds. The number of hydrogen-bond acceptors (Lipinski definition) is 4. The van der Waals surface area contributed by atoms with Crippen LogP contribution in [0.2, 0.25) is 0 Å². The van der Waals surface area contributed by atoms with Crippen molar-refractivity contribution in [3.05, 3.63) is 29.1 Å². The first-order chi connectivity index (χ1) is 9.49. The van der Waals surface area contributed by atoms with Crippen LogP contribution in [0.4, 0.5) is 0 Å². The summed E-state index contributed by atoms with van der Waals surface area (Å²) in [5, 5.41) is 14.0. The van der Waals surface area contributed by atoms with Gasteiger partial charge in [0.05, 0.1) is 11.7 Å². The summed E-state index contributed by atoms with van der Waals surface area (Å²) in [6, 6.07) is -0.156. The van der Waals surface area contributed by atoms with Crippen molar-refractivity contribution >= 4 is 5.91 Å². The number of aryl methyl sites for hydroxylation is 3. The molecule has 2 rings (SSSR count). The minimum Gasteiger partial charge on any atom is -0.346 e. The van der Waals surface area contributed by atoms with Gasteiger partial charge in [-0.05, 0) is 26.3 Å². The molecule has 1 atom stereocenters. The Bertz CT molecular complexity index is 600. The van der Waals surface area contributed by atoms with Crippen molar-refractivity contribution in [1.29, 1.82) is 0 Å². The van der Waals surface area contributed by atoms with Crippen LogP contribution in [0.15, 0.2) is 6.33 Å². The second-order valence-corrected chi connectivity index (χ2v) is 4.95. The summed E-state index contributed by atoms with van der Waals surface area (Å²) in [5.41, 5.74) is 3.12. The molecule has 0 aliphatic carbocycles. The van der Waals surface area contributed by atoms with Gasteiger partial charge in [0.1, 0.15) is 12.2 Å². The number of aromatic amines is 1. The highest BCUT2D eigenvalue weighted by atomic mass is 16.1. The molecular weight excluding hydrogens is 256 g/mol. The Hall–Kier alpha value is -2.18. The molecule has 0 saturated heterocycles. The molecule has 0 fully saturated rings. The van der Waals surface area contributed by atoms with Crippen molar-refractivity contribution in [2.75, 3.05) is 0 Å². The second-order valence-electron chi connectivity index (χ2n) is 4.95. The zero-order valence-corrected chi connectivity index (χ0v) is 12.3. The van der Waals surface area contributed by atoms with Gasteiger partial charge in [0, 0.05) is 25.6 Å². The molecule has 7 heteroatoms. The number of carbonyl (C=O) groups excluding carboxylic acids is 1. The molecule has 0 unspecified atom stereocenters. The summed E-state index contributed by atoms with van der Waals surface area (Å²) >= 11 is 0. The zero-order valence-electron chi connectivity index (χ0n) is 12.3. The number of nitrogens with one attached hydrogen (secondary N) is 2. The van der Waals surface area contributed by atoms with E-state index in [4.69, 9.17) is 0 Å². The summed E-state index contributed by atoms with van der Waals surface area (Å²) < 4.78 is 1.66. The summed E-state index contributed by atoms with van der Waals surface area (Å²) in [6.07, 6.45) is 2.52. The molecule has 0 saturated carbocycles. The lowest BCUT2D eigenvalue weighted by molar-refractivity contribution is -0.121. The third kappa shape index (κ3) is 3.04. The maximum absolute atomic E-state index is 11.9. The molecular formula is C13H20N6O. The van der Waals surface area contributed by atoms with Crippen molar-refractivity contribution in [2.45, 2.75) is 39.7 Å². The van der Waals surface area contributed by atoms with Gasteiger partial charge >= 0.3 is 0 Å². The predicted octanol–water partition coefficient (Wildman–Crippen LogP) is 0.965. The minimum absolute atomic E-state index is 0.0134. The van der Waals surface area contributed by atoms with Gasteiger partial charge in [-0.25, -0.2) is 4.98 Å². The number of amides is 1. The first kappa shape index (κ1) is 14.2. The maximum atomic E-state index is 11.9. The molecule has 20 heavy (non-hydrogen) atoms. The third-order valence-corrected chi connectivity index (χ3v) is 3.45. The van der Waals surface area contributed by atoms with E-state index in [1.54, 1.807) is 11.7 Å². The number of carbonyl (C=O) groups is 1. The van der Waals surface area contributed by atoms with E-state index in [9.17, 15) is 4.79 Å². The van der Waals surface area contributed by atoms with Crippen LogP contribution in [0, 0.1) is 13.8 Å². The Balaban J connectivity index is 1.87. The lowest BCUT2D eigenvalue weighted by Crippen LogP contribution is -2.28. The SMILES string of the molecule is Cc1[nH]nc(CCC(=O)N[C@H](C)c2ncnn2C)c1C. The second kappa shape index (κ2) is 5.85. The average Bonchev–Trinajstić information content (AvgIpc) is 2.96. The van der Waals surface area contributed by atoms with Gasteiger partial charge < -0.3 is 5.32 Å². The van der Waals surface area contributed by atoms with E-state index >= 15 is 0 Å². The first-order valence-electron chi connectivity index (χ1n) is 6.62. The fraction of sp³-hybridized carbons (Fsp3) is 0.538. The largest absolute Gasteiger partial charge is 0.346 e. The lowest BCUT2D eigenvalue weighted by Gasteiger charge is -2.12. The van der Waals surface area contributed by atoms with E-state index in [-0.39, 0.29) is 11.9 Å². The first-order valence-corrected chi connectivity index (χ1v) is 6.62. The van der Waals surface area contributed by atoms with Crippen LogP contribution in [0.1, 0.15) is 42.2 Å². The number of aromatic nitrogens is 5. The highest BCUT2D eigenvalue weighted by Gasteiger charge is 2.15. The van der Waals surface area contributed by atoms with Crippen molar-refractivity contribution in [2.24, 2.45) is 7.05 Å². The molecule has 0 aliphatic rings. The van der Waals surface area contributed by atoms with E-state index < -0.39 is 0 Å². The molecule has 2 heterocycles. The van der Waals surface area contributed by atoms with E-state index in [2.05, 4.69) is 25.6 Å². The average molecular weight is 276 g/mol.